The molecule has 0 atom stereocenters. The number of amides is 1. The number of hydrogen-bond acceptors (Lipinski definition) is 3. The van der Waals surface area contributed by atoms with Crippen molar-refractivity contribution in [3.8, 4) is 0 Å². The number of carbonyl (C=O) groups is 1. The van der Waals surface area contributed by atoms with Crippen molar-refractivity contribution in [3.63, 3.8) is 0 Å². The third-order valence-electron chi connectivity index (χ3n) is 2.68. The van der Waals surface area contributed by atoms with Crippen molar-refractivity contribution in [2.45, 2.75) is 19.6 Å². The molecule has 0 unspecified atom stereocenters. The minimum absolute atomic E-state index is 0.0791. The van der Waals surface area contributed by atoms with Crippen molar-refractivity contribution in [1.29, 1.82) is 0 Å². The van der Waals surface area contributed by atoms with Gasteiger partial charge in [-0.05, 0) is 7.05 Å². The molecule has 1 aliphatic heterocycles. The molecule has 0 saturated carbocycles. The smallest absolute Gasteiger partial charge is 0.243 e. The largest absolute Gasteiger partial charge is 0.347 e. The van der Waals surface area contributed by atoms with Crippen molar-refractivity contribution in [2.24, 2.45) is 0 Å². The lowest BCUT2D eigenvalue weighted by Gasteiger charge is -2.12. The van der Waals surface area contributed by atoms with Gasteiger partial charge in [0.25, 0.3) is 0 Å². The molecule has 0 radical (unpaired) electrons. The highest BCUT2D eigenvalue weighted by Gasteiger charge is 2.21. The van der Waals surface area contributed by atoms with Gasteiger partial charge >= 0.3 is 0 Å². The highest BCUT2D eigenvalue weighted by molar-refractivity contribution is 5.75. The van der Waals surface area contributed by atoms with Gasteiger partial charge in [0.2, 0.25) is 5.91 Å². The summed E-state index contributed by atoms with van der Waals surface area (Å²) in [6, 6.07) is 0. The highest BCUT2D eigenvalue weighted by Crippen LogP contribution is 2.20. The van der Waals surface area contributed by atoms with Crippen LogP contribution in [0.5, 0.6) is 0 Å². The normalized spacial score (nSPS) is 15.4. The molecule has 1 aliphatic rings. The van der Waals surface area contributed by atoms with Gasteiger partial charge in [-0.1, -0.05) is 0 Å². The molecule has 0 aliphatic carbocycles. The number of carbonyl (C=O) groups excluding carboxylic acids is 1. The quantitative estimate of drug-likeness (QED) is 0.682. The Morgan fingerprint density at radius 2 is 2.27 bits per heavy atom. The van der Waals surface area contributed by atoms with E-state index >= 15 is 0 Å². The molecule has 1 aromatic rings. The molecule has 2 heterocycles. The van der Waals surface area contributed by atoms with Crippen LogP contribution in [0.25, 0.3) is 0 Å². The maximum absolute atomic E-state index is 11.5. The number of nitrogens with zero attached hydrogens (tertiary/aromatic N) is 4. The molecule has 82 valence electrons. The zero-order valence-corrected chi connectivity index (χ0v) is 9.40. The molecule has 0 bridgehead atoms. The second-order valence-electron chi connectivity index (χ2n) is 4.23. The monoisotopic (exact) mass is 208 g/mol. The average Bonchev–Trinajstić information content (AvgIpc) is 2.66. The van der Waals surface area contributed by atoms with Crippen molar-refractivity contribution < 1.29 is 4.79 Å². The Morgan fingerprint density at radius 1 is 1.53 bits per heavy atom. The second-order valence-corrected chi connectivity index (χ2v) is 4.23. The molecule has 2 rings (SSSR count). The van der Waals surface area contributed by atoms with Crippen LogP contribution in [0.15, 0.2) is 6.20 Å². The van der Waals surface area contributed by atoms with Crippen LogP contribution < -0.4 is 0 Å². The standard InChI is InChI=1S/C10H16N4O/c1-12(2)10(15)7-14-9-6-13(3)5-8(9)4-11-14/h4H,5-7H2,1-3H3. The molecule has 1 amide bonds. The lowest BCUT2D eigenvalue weighted by Crippen LogP contribution is -2.27. The summed E-state index contributed by atoms with van der Waals surface area (Å²) in [5.41, 5.74) is 2.41. The minimum atomic E-state index is 0.0791. The molecule has 0 spiro atoms. The Kier molecular flexibility index (Phi) is 2.48. The van der Waals surface area contributed by atoms with E-state index in [1.54, 1.807) is 23.7 Å². The van der Waals surface area contributed by atoms with Crippen molar-refractivity contribution in [3.05, 3.63) is 17.5 Å². The van der Waals surface area contributed by atoms with Crippen LogP contribution in [0.3, 0.4) is 0 Å². The fraction of sp³-hybridized carbons (Fsp3) is 0.600. The van der Waals surface area contributed by atoms with Gasteiger partial charge in [-0.3, -0.25) is 14.4 Å². The minimum Gasteiger partial charge on any atom is -0.347 e. The second kappa shape index (κ2) is 3.66. The predicted octanol–water partition coefficient (Wildman–Crippen LogP) is -0.0833. The Bertz CT molecular complexity index is 383. The van der Waals surface area contributed by atoms with Gasteiger partial charge in [0, 0.05) is 32.7 Å². The van der Waals surface area contributed by atoms with E-state index < -0.39 is 0 Å². The van der Waals surface area contributed by atoms with E-state index in [0.29, 0.717) is 6.54 Å². The molecular formula is C10H16N4O. The van der Waals surface area contributed by atoms with E-state index in [1.807, 2.05) is 6.20 Å². The highest BCUT2D eigenvalue weighted by atomic mass is 16.2. The summed E-state index contributed by atoms with van der Waals surface area (Å²) >= 11 is 0. The van der Waals surface area contributed by atoms with E-state index in [9.17, 15) is 4.79 Å². The maximum atomic E-state index is 11.5. The van der Waals surface area contributed by atoms with Crippen LogP contribution in [0.4, 0.5) is 0 Å². The number of rotatable bonds is 2. The van der Waals surface area contributed by atoms with Gasteiger partial charge in [-0.15, -0.1) is 0 Å². The topological polar surface area (TPSA) is 41.4 Å². The van der Waals surface area contributed by atoms with E-state index in [4.69, 9.17) is 0 Å². The molecule has 5 nitrogen and oxygen atoms in total. The van der Waals surface area contributed by atoms with Crippen LogP contribution in [0.1, 0.15) is 11.3 Å². The number of fused-ring (bicyclic) bond motifs is 1. The van der Waals surface area contributed by atoms with Gasteiger partial charge < -0.3 is 4.90 Å². The van der Waals surface area contributed by atoms with Gasteiger partial charge in [0.15, 0.2) is 0 Å². The molecule has 0 N–H and O–H groups in total. The zero-order chi connectivity index (χ0) is 11.0. The van der Waals surface area contributed by atoms with Crippen LogP contribution in [0, 0.1) is 0 Å². The summed E-state index contributed by atoms with van der Waals surface area (Å²) < 4.78 is 1.81. The molecule has 0 fully saturated rings. The van der Waals surface area contributed by atoms with Crippen molar-refractivity contribution in [1.82, 2.24) is 19.6 Å². The van der Waals surface area contributed by atoms with Crippen LogP contribution in [-0.2, 0) is 24.4 Å². The number of hydrogen-bond donors (Lipinski definition) is 0. The molecule has 0 saturated heterocycles. The first-order valence-electron chi connectivity index (χ1n) is 5.00. The van der Waals surface area contributed by atoms with Crippen LogP contribution >= 0.6 is 0 Å². The molecule has 15 heavy (non-hydrogen) atoms. The molecule has 1 aromatic heterocycles. The summed E-state index contributed by atoms with van der Waals surface area (Å²) in [4.78, 5) is 15.3. The average molecular weight is 208 g/mol. The van der Waals surface area contributed by atoms with Gasteiger partial charge in [0.05, 0.1) is 11.9 Å². The predicted molar refractivity (Wildman–Crippen MR) is 56.1 cm³/mol. The summed E-state index contributed by atoms with van der Waals surface area (Å²) in [6.45, 7) is 2.16. The first-order valence-corrected chi connectivity index (χ1v) is 5.00. The Morgan fingerprint density at radius 3 is 2.93 bits per heavy atom. The summed E-state index contributed by atoms with van der Waals surface area (Å²) in [7, 11) is 5.59. The number of aromatic nitrogens is 2. The molecule has 5 heteroatoms. The zero-order valence-electron chi connectivity index (χ0n) is 9.40. The van der Waals surface area contributed by atoms with E-state index in [1.165, 1.54) is 11.3 Å². The van der Waals surface area contributed by atoms with Gasteiger partial charge in [-0.25, -0.2) is 0 Å². The summed E-state index contributed by atoms with van der Waals surface area (Å²) in [6.07, 6.45) is 1.86. The summed E-state index contributed by atoms with van der Waals surface area (Å²) in [5, 5.41) is 4.24. The lowest BCUT2D eigenvalue weighted by molar-refractivity contribution is -0.129. The maximum Gasteiger partial charge on any atom is 0.243 e. The van der Waals surface area contributed by atoms with E-state index in [0.717, 1.165) is 13.1 Å². The number of likely N-dealkylation sites (N-methyl/N-ethyl adjacent to an activating group) is 1. The van der Waals surface area contributed by atoms with Crippen molar-refractivity contribution >= 4 is 5.91 Å². The fourth-order valence-electron chi connectivity index (χ4n) is 1.77. The van der Waals surface area contributed by atoms with Gasteiger partial charge in [0.1, 0.15) is 6.54 Å². The van der Waals surface area contributed by atoms with Crippen molar-refractivity contribution in [2.75, 3.05) is 21.1 Å². The fourth-order valence-corrected chi connectivity index (χ4v) is 1.77. The molecule has 0 aromatic carbocycles. The van der Waals surface area contributed by atoms with Crippen LogP contribution in [0.2, 0.25) is 0 Å². The SMILES string of the molecule is CN1Cc2cnn(CC(=O)N(C)C)c2C1. The van der Waals surface area contributed by atoms with Gasteiger partial charge in [-0.2, -0.15) is 5.10 Å². The Labute approximate surface area is 89.3 Å². The Balaban J connectivity index is 2.14. The first-order chi connectivity index (χ1) is 7.08. The van der Waals surface area contributed by atoms with Crippen LogP contribution in [-0.4, -0.2) is 46.6 Å². The Hall–Kier alpha value is -1.36. The third-order valence-corrected chi connectivity index (χ3v) is 2.68. The third kappa shape index (κ3) is 1.87. The van der Waals surface area contributed by atoms with E-state index in [-0.39, 0.29) is 5.91 Å². The summed E-state index contributed by atoms with van der Waals surface area (Å²) in [5.74, 6) is 0.0791. The lowest BCUT2D eigenvalue weighted by atomic mass is 10.3. The first kappa shape index (κ1) is 10.2. The molecular weight excluding hydrogens is 192 g/mol. The van der Waals surface area contributed by atoms with E-state index in [2.05, 4.69) is 17.0 Å².